The fraction of sp³-hybridized carbons (Fsp3) is 0.643. The van der Waals surface area contributed by atoms with E-state index in [4.69, 9.17) is 0 Å². The maximum atomic E-state index is 4.50. The molecule has 0 aromatic carbocycles. The van der Waals surface area contributed by atoms with E-state index < -0.39 is 0 Å². The number of hydrogen-bond donors (Lipinski definition) is 0. The van der Waals surface area contributed by atoms with Gasteiger partial charge in [-0.2, -0.15) is 0 Å². The smallest absolute Gasteiger partial charge is 0.131 e. The molecule has 0 radical (unpaired) electrons. The second kappa shape index (κ2) is 4.44. The average Bonchev–Trinajstić information content (AvgIpc) is 2.14. The highest BCUT2D eigenvalue weighted by atomic mass is 15.1. The first-order chi connectivity index (χ1) is 7.25. The van der Waals surface area contributed by atoms with E-state index in [1.165, 1.54) is 11.1 Å². The molecule has 0 atom stereocenters. The lowest BCUT2D eigenvalue weighted by atomic mass is 9.81. The summed E-state index contributed by atoms with van der Waals surface area (Å²) in [5.41, 5.74) is 2.95. The Morgan fingerprint density at radius 1 is 1.19 bits per heavy atom. The lowest BCUT2D eigenvalue weighted by molar-refractivity contribution is 0.575. The zero-order valence-electron chi connectivity index (χ0n) is 11.6. The van der Waals surface area contributed by atoms with E-state index in [2.05, 4.69) is 64.7 Å². The first-order valence-electron chi connectivity index (χ1n) is 5.92. The summed E-state index contributed by atoms with van der Waals surface area (Å²) < 4.78 is 0. The van der Waals surface area contributed by atoms with Gasteiger partial charge in [0.25, 0.3) is 0 Å². The predicted octanol–water partition coefficient (Wildman–Crippen LogP) is 3.57. The minimum absolute atomic E-state index is 0.174. The van der Waals surface area contributed by atoms with Crippen molar-refractivity contribution in [1.29, 1.82) is 0 Å². The average molecular weight is 220 g/mol. The second-order valence-electron chi connectivity index (χ2n) is 5.89. The van der Waals surface area contributed by atoms with Gasteiger partial charge in [0.05, 0.1) is 0 Å². The van der Waals surface area contributed by atoms with Crippen LogP contribution in [-0.2, 0) is 5.41 Å². The summed E-state index contributed by atoms with van der Waals surface area (Å²) >= 11 is 0. The summed E-state index contributed by atoms with van der Waals surface area (Å²) in [6, 6.07) is 2.16. The molecule has 0 aliphatic carbocycles. The fourth-order valence-electron chi connectivity index (χ4n) is 2.04. The number of rotatable bonds is 2. The summed E-state index contributed by atoms with van der Waals surface area (Å²) in [6.45, 7) is 11.2. The molecule has 1 heterocycles. The van der Waals surface area contributed by atoms with E-state index >= 15 is 0 Å². The zero-order chi connectivity index (χ0) is 12.5. The third kappa shape index (κ3) is 2.55. The molecule has 0 saturated heterocycles. The molecule has 0 saturated carbocycles. The standard InChI is InChI=1S/C14H24N2/c1-10(2)12-11(14(3,4)5)8-9-15-13(12)16(6)7/h8-10H,1-7H3. The highest BCUT2D eigenvalue weighted by Crippen LogP contribution is 2.34. The summed E-state index contributed by atoms with van der Waals surface area (Å²) in [6.07, 6.45) is 1.92. The van der Waals surface area contributed by atoms with Gasteiger partial charge in [0.15, 0.2) is 0 Å². The molecular formula is C14H24N2. The molecule has 0 aliphatic heterocycles. The third-order valence-corrected chi connectivity index (χ3v) is 2.78. The van der Waals surface area contributed by atoms with E-state index in [1.807, 2.05) is 6.20 Å². The summed E-state index contributed by atoms with van der Waals surface area (Å²) in [7, 11) is 4.11. The minimum atomic E-state index is 0.174. The van der Waals surface area contributed by atoms with Crippen LogP contribution in [0.15, 0.2) is 12.3 Å². The van der Waals surface area contributed by atoms with Gasteiger partial charge >= 0.3 is 0 Å². The molecule has 0 amide bonds. The van der Waals surface area contributed by atoms with Crippen LogP contribution in [-0.4, -0.2) is 19.1 Å². The van der Waals surface area contributed by atoms with Crippen LogP contribution in [0.4, 0.5) is 5.82 Å². The maximum Gasteiger partial charge on any atom is 0.131 e. The predicted molar refractivity (Wildman–Crippen MR) is 71.4 cm³/mol. The number of nitrogens with zero attached hydrogens (tertiary/aromatic N) is 2. The summed E-state index contributed by atoms with van der Waals surface area (Å²) in [5.74, 6) is 1.60. The number of anilines is 1. The fourth-order valence-corrected chi connectivity index (χ4v) is 2.04. The molecule has 0 fully saturated rings. The highest BCUT2D eigenvalue weighted by molar-refractivity contribution is 5.53. The molecule has 1 rings (SSSR count). The SMILES string of the molecule is CC(C)c1c(C(C)(C)C)ccnc1N(C)C. The largest absolute Gasteiger partial charge is 0.363 e. The van der Waals surface area contributed by atoms with Crippen LogP contribution in [0, 0.1) is 0 Å². The van der Waals surface area contributed by atoms with Crippen molar-refractivity contribution in [2.75, 3.05) is 19.0 Å². The summed E-state index contributed by atoms with van der Waals surface area (Å²) in [5, 5.41) is 0. The van der Waals surface area contributed by atoms with Gasteiger partial charge in [-0.1, -0.05) is 34.6 Å². The molecule has 0 bridgehead atoms. The molecule has 1 aromatic heterocycles. The van der Waals surface area contributed by atoms with Crippen LogP contribution < -0.4 is 4.90 Å². The van der Waals surface area contributed by atoms with Gasteiger partial charge in [-0.3, -0.25) is 0 Å². The van der Waals surface area contributed by atoms with Crippen molar-refractivity contribution in [3.63, 3.8) is 0 Å². The van der Waals surface area contributed by atoms with Gasteiger partial charge in [0.2, 0.25) is 0 Å². The Labute approximate surface area is 99.7 Å². The van der Waals surface area contributed by atoms with E-state index in [0.29, 0.717) is 5.92 Å². The van der Waals surface area contributed by atoms with Crippen molar-refractivity contribution in [2.24, 2.45) is 0 Å². The maximum absolute atomic E-state index is 4.50. The molecule has 90 valence electrons. The molecular weight excluding hydrogens is 196 g/mol. The van der Waals surface area contributed by atoms with Gasteiger partial charge in [-0.05, 0) is 23.0 Å². The molecule has 0 N–H and O–H groups in total. The quantitative estimate of drug-likeness (QED) is 0.757. The van der Waals surface area contributed by atoms with Crippen LogP contribution in [0.5, 0.6) is 0 Å². The lowest BCUT2D eigenvalue weighted by Gasteiger charge is -2.28. The topological polar surface area (TPSA) is 16.1 Å². The van der Waals surface area contributed by atoms with Gasteiger partial charge in [-0.15, -0.1) is 0 Å². The van der Waals surface area contributed by atoms with E-state index in [0.717, 1.165) is 5.82 Å². The van der Waals surface area contributed by atoms with Crippen molar-refractivity contribution in [3.8, 4) is 0 Å². The Balaban J connectivity index is 3.45. The first-order valence-corrected chi connectivity index (χ1v) is 5.92. The van der Waals surface area contributed by atoms with Crippen molar-refractivity contribution >= 4 is 5.82 Å². The minimum Gasteiger partial charge on any atom is -0.363 e. The second-order valence-corrected chi connectivity index (χ2v) is 5.89. The Bertz CT molecular complexity index is 359. The van der Waals surface area contributed by atoms with E-state index in [-0.39, 0.29) is 5.41 Å². The Hall–Kier alpha value is -1.05. The monoisotopic (exact) mass is 220 g/mol. The molecule has 1 aromatic rings. The molecule has 0 unspecified atom stereocenters. The van der Waals surface area contributed by atoms with Crippen molar-refractivity contribution in [1.82, 2.24) is 4.98 Å². The van der Waals surface area contributed by atoms with E-state index in [9.17, 15) is 0 Å². The zero-order valence-corrected chi connectivity index (χ0v) is 11.6. The van der Waals surface area contributed by atoms with Gasteiger partial charge in [0, 0.05) is 25.9 Å². The highest BCUT2D eigenvalue weighted by Gasteiger charge is 2.23. The number of pyridine rings is 1. The Morgan fingerprint density at radius 2 is 1.75 bits per heavy atom. The lowest BCUT2D eigenvalue weighted by Crippen LogP contribution is -2.20. The van der Waals surface area contributed by atoms with Crippen LogP contribution in [0.1, 0.15) is 51.7 Å². The molecule has 0 aliphatic rings. The van der Waals surface area contributed by atoms with Crippen molar-refractivity contribution < 1.29 is 0 Å². The third-order valence-electron chi connectivity index (χ3n) is 2.78. The van der Waals surface area contributed by atoms with Crippen LogP contribution >= 0.6 is 0 Å². The number of hydrogen-bond acceptors (Lipinski definition) is 2. The van der Waals surface area contributed by atoms with Gasteiger partial charge in [0.1, 0.15) is 5.82 Å². The summed E-state index contributed by atoms with van der Waals surface area (Å²) in [4.78, 5) is 6.60. The van der Waals surface area contributed by atoms with Crippen LogP contribution in [0.2, 0.25) is 0 Å². The Morgan fingerprint density at radius 3 is 2.12 bits per heavy atom. The van der Waals surface area contributed by atoms with E-state index in [1.54, 1.807) is 0 Å². The molecule has 2 heteroatoms. The molecule has 0 spiro atoms. The van der Waals surface area contributed by atoms with Crippen molar-refractivity contribution in [2.45, 2.75) is 46.0 Å². The van der Waals surface area contributed by atoms with Gasteiger partial charge in [-0.25, -0.2) is 4.98 Å². The normalized spacial score (nSPS) is 12.0. The number of aromatic nitrogens is 1. The first kappa shape index (κ1) is 13.0. The Kier molecular flexibility index (Phi) is 3.61. The van der Waals surface area contributed by atoms with Gasteiger partial charge < -0.3 is 4.90 Å². The van der Waals surface area contributed by atoms with Crippen molar-refractivity contribution in [3.05, 3.63) is 23.4 Å². The molecule has 2 nitrogen and oxygen atoms in total. The van der Waals surface area contributed by atoms with Crippen LogP contribution in [0.25, 0.3) is 0 Å². The van der Waals surface area contributed by atoms with Crippen LogP contribution in [0.3, 0.4) is 0 Å². The molecule has 16 heavy (non-hydrogen) atoms.